The molecule has 0 saturated heterocycles. The Morgan fingerprint density at radius 1 is 1.35 bits per heavy atom. The summed E-state index contributed by atoms with van der Waals surface area (Å²) in [4.78, 5) is 22.9. The van der Waals surface area contributed by atoms with Gasteiger partial charge in [0.2, 0.25) is 0 Å². The van der Waals surface area contributed by atoms with Crippen molar-refractivity contribution >= 4 is 33.9 Å². The topological polar surface area (TPSA) is 64.6 Å². The number of carbonyl (C=O) groups excluding carboxylic acids is 2. The maximum Gasteiger partial charge on any atom is 0.387 e. The van der Waals surface area contributed by atoms with Crippen LogP contribution in [0.4, 0.5) is 8.78 Å². The number of nitrogens with one attached hydrogen (secondary N) is 1. The summed E-state index contributed by atoms with van der Waals surface area (Å²) in [5, 5.41) is 2.56. The molecule has 1 amide bonds. The second-order valence-electron chi connectivity index (χ2n) is 4.72. The van der Waals surface area contributed by atoms with Crippen LogP contribution in [0.1, 0.15) is 19.4 Å². The Balaban J connectivity index is 2.67. The third-order valence-corrected chi connectivity index (χ3v) is 2.88. The first-order valence-electron chi connectivity index (χ1n) is 6.66. The van der Waals surface area contributed by atoms with E-state index < -0.39 is 25.1 Å². The van der Waals surface area contributed by atoms with E-state index in [1.54, 1.807) is 13.8 Å². The molecule has 0 saturated carbocycles. The highest BCUT2D eigenvalue weighted by Crippen LogP contribution is 2.25. The predicted octanol–water partition coefficient (Wildman–Crippen LogP) is 3.13. The lowest BCUT2D eigenvalue weighted by molar-refractivity contribution is -0.143. The second kappa shape index (κ2) is 9.24. The molecule has 1 aromatic carbocycles. The number of esters is 1. The van der Waals surface area contributed by atoms with Crippen LogP contribution in [0.15, 0.2) is 28.7 Å². The summed E-state index contributed by atoms with van der Waals surface area (Å²) in [6, 6.07) is 4.32. The van der Waals surface area contributed by atoms with Crippen LogP contribution in [0.3, 0.4) is 0 Å². The number of alkyl halides is 2. The number of ether oxygens (including phenoxy) is 2. The molecule has 126 valence electrons. The van der Waals surface area contributed by atoms with Crippen molar-refractivity contribution in [2.45, 2.75) is 26.5 Å². The van der Waals surface area contributed by atoms with E-state index >= 15 is 0 Å². The third-order valence-electron chi connectivity index (χ3n) is 2.38. The Morgan fingerprint density at radius 2 is 2.04 bits per heavy atom. The number of carbonyl (C=O) groups is 2. The van der Waals surface area contributed by atoms with Gasteiger partial charge in [-0.2, -0.15) is 8.78 Å². The maximum absolute atomic E-state index is 12.3. The molecule has 8 heteroatoms. The van der Waals surface area contributed by atoms with Crippen LogP contribution >= 0.6 is 15.9 Å². The molecular weight excluding hydrogens is 376 g/mol. The van der Waals surface area contributed by atoms with Crippen LogP contribution in [-0.2, 0) is 14.3 Å². The molecule has 0 spiro atoms. The zero-order valence-electron chi connectivity index (χ0n) is 12.5. The standard InChI is InChI=1S/C15H16BrF2NO4/c1-9(2)19-13(20)8-22-14(21)6-3-10-7-11(16)4-5-12(10)23-15(17)18/h3-7,9,15H,8H2,1-2H3,(H,19,20)/b6-3+. The van der Waals surface area contributed by atoms with Crippen molar-refractivity contribution in [1.82, 2.24) is 5.32 Å². The van der Waals surface area contributed by atoms with Crippen molar-refractivity contribution in [3.05, 3.63) is 34.3 Å². The Morgan fingerprint density at radius 3 is 2.65 bits per heavy atom. The highest BCUT2D eigenvalue weighted by molar-refractivity contribution is 9.10. The van der Waals surface area contributed by atoms with Gasteiger partial charge in [-0.3, -0.25) is 4.79 Å². The zero-order valence-corrected chi connectivity index (χ0v) is 14.1. The Bertz CT molecular complexity index is 591. The fraction of sp³-hybridized carbons (Fsp3) is 0.333. The van der Waals surface area contributed by atoms with Gasteiger partial charge >= 0.3 is 12.6 Å². The molecule has 0 atom stereocenters. The van der Waals surface area contributed by atoms with Gasteiger partial charge in [-0.1, -0.05) is 15.9 Å². The van der Waals surface area contributed by atoms with E-state index in [1.165, 1.54) is 24.3 Å². The van der Waals surface area contributed by atoms with E-state index in [4.69, 9.17) is 4.74 Å². The van der Waals surface area contributed by atoms with Gasteiger partial charge in [-0.05, 0) is 38.1 Å². The van der Waals surface area contributed by atoms with Crippen LogP contribution in [0.2, 0.25) is 0 Å². The minimum Gasteiger partial charge on any atom is -0.452 e. The molecule has 0 aliphatic heterocycles. The molecule has 0 aromatic heterocycles. The summed E-state index contributed by atoms with van der Waals surface area (Å²) in [6.45, 7) is 0.157. The van der Waals surface area contributed by atoms with Crippen LogP contribution in [-0.4, -0.2) is 31.1 Å². The number of halogens is 3. The molecule has 1 rings (SSSR count). The van der Waals surface area contributed by atoms with Gasteiger partial charge in [-0.15, -0.1) is 0 Å². The van der Waals surface area contributed by atoms with Crippen LogP contribution in [0.5, 0.6) is 5.75 Å². The minimum atomic E-state index is -2.98. The summed E-state index contributed by atoms with van der Waals surface area (Å²) < 4.78 is 34.4. The molecule has 23 heavy (non-hydrogen) atoms. The molecule has 5 nitrogen and oxygen atoms in total. The van der Waals surface area contributed by atoms with E-state index in [1.807, 2.05) is 0 Å². The first kappa shape index (κ1) is 19.1. The lowest BCUT2D eigenvalue weighted by Gasteiger charge is -2.09. The highest BCUT2D eigenvalue weighted by Gasteiger charge is 2.10. The molecule has 1 aromatic rings. The van der Waals surface area contributed by atoms with E-state index in [2.05, 4.69) is 26.0 Å². The van der Waals surface area contributed by atoms with Gasteiger partial charge in [0.25, 0.3) is 5.91 Å². The summed E-state index contributed by atoms with van der Waals surface area (Å²) in [7, 11) is 0. The molecule has 0 radical (unpaired) electrons. The fourth-order valence-corrected chi connectivity index (χ4v) is 1.94. The molecular formula is C15H16BrF2NO4. The minimum absolute atomic E-state index is 0.0625. The van der Waals surface area contributed by atoms with E-state index in [0.717, 1.165) is 6.08 Å². The first-order chi connectivity index (χ1) is 10.8. The van der Waals surface area contributed by atoms with Crippen molar-refractivity contribution in [3.63, 3.8) is 0 Å². The smallest absolute Gasteiger partial charge is 0.387 e. The quantitative estimate of drug-likeness (QED) is 0.572. The number of amides is 1. The lowest BCUT2D eigenvalue weighted by atomic mass is 10.2. The SMILES string of the molecule is CC(C)NC(=O)COC(=O)/C=C/c1cc(Br)ccc1OC(F)F. The zero-order chi connectivity index (χ0) is 17.4. The lowest BCUT2D eigenvalue weighted by Crippen LogP contribution is -2.33. The monoisotopic (exact) mass is 391 g/mol. The predicted molar refractivity (Wildman–Crippen MR) is 84.0 cm³/mol. The average molecular weight is 392 g/mol. The first-order valence-corrected chi connectivity index (χ1v) is 7.45. The molecule has 0 unspecified atom stereocenters. The second-order valence-corrected chi connectivity index (χ2v) is 5.64. The van der Waals surface area contributed by atoms with Crippen molar-refractivity contribution < 1.29 is 27.8 Å². The normalized spacial score (nSPS) is 11.1. The van der Waals surface area contributed by atoms with Crippen LogP contribution in [0, 0.1) is 0 Å². The molecule has 1 N–H and O–H groups in total. The molecule has 0 heterocycles. The number of hydrogen-bond donors (Lipinski definition) is 1. The van der Waals surface area contributed by atoms with Crippen molar-refractivity contribution in [2.24, 2.45) is 0 Å². The van der Waals surface area contributed by atoms with Gasteiger partial charge < -0.3 is 14.8 Å². The summed E-state index contributed by atoms with van der Waals surface area (Å²) in [5.74, 6) is -1.28. The van der Waals surface area contributed by atoms with Crippen LogP contribution < -0.4 is 10.1 Å². The number of rotatable bonds is 7. The summed E-state index contributed by atoms with van der Waals surface area (Å²) in [5.41, 5.74) is 0.267. The van der Waals surface area contributed by atoms with Gasteiger partial charge in [0.15, 0.2) is 6.61 Å². The number of hydrogen-bond acceptors (Lipinski definition) is 4. The highest BCUT2D eigenvalue weighted by atomic mass is 79.9. The van der Waals surface area contributed by atoms with E-state index in [-0.39, 0.29) is 17.4 Å². The Labute approximate surface area is 140 Å². The van der Waals surface area contributed by atoms with Crippen molar-refractivity contribution in [3.8, 4) is 5.75 Å². The van der Waals surface area contributed by atoms with E-state index in [0.29, 0.717) is 4.47 Å². The van der Waals surface area contributed by atoms with Crippen LogP contribution in [0.25, 0.3) is 6.08 Å². The van der Waals surface area contributed by atoms with E-state index in [9.17, 15) is 18.4 Å². The fourth-order valence-electron chi connectivity index (χ4n) is 1.56. The van der Waals surface area contributed by atoms with Gasteiger partial charge in [0.05, 0.1) is 0 Å². The van der Waals surface area contributed by atoms with Crippen molar-refractivity contribution in [1.29, 1.82) is 0 Å². The maximum atomic E-state index is 12.3. The van der Waals surface area contributed by atoms with Gasteiger partial charge in [-0.25, -0.2) is 4.79 Å². The third kappa shape index (κ3) is 7.73. The number of benzene rings is 1. The Hall–Kier alpha value is -1.96. The Kier molecular flexibility index (Phi) is 7.67. The molecule has 0 fully saturated rings. The largest absolute Gasteiger partial charge is 0.452 e. The van der Waals surface area contributed by atoms with Crippen molar-refractivity contribution in [2.75, 3.05) is 6.61 Å². The summed E-state index contributed by atoms with van der Waals surface area (Å²) >= 11 is 3.20. The molecule has 0 aliphatic rings. The van der Waals surface area contributed by atoms with Gasteiger partial charge in [0.1, 0.15) is 5.75 Å². The summed E-state index contributed by atoms with van der Waals surface area (Å²) in [6.07, 6.45) is 2.30. The average Bonchev–Trinajstić information content (AvgIpc) is 2.44. The van der Waals surface area contributed by atoms with Gasteiger partial charge in [0, 0.05) is 22.2 Å². The molecule has 0 aliphatic carbocycles. The molecule has 0 bridgehead atoms.